The van der Waals surface area contributed by atoms with Crippen molar-refractivity contribution < 1.29 is 14.3 Å². The average Bonchev–Trinajstić information content (AvgIpc) is 2.88. The first-order chi connectivity index (χ1) is 16.4. The molecular weight excluding hydrogens is 430 g/mol. The third kappa shape index (κ3) is 6.19. The van der Waals surface area contributed by atoms with Crippen molar-refractivity contribution in [2.45, 2.75) is 0 Å². The van der Waals surface area contributed by atoms with Gasteiger partial charge in [-0.05, 0) is 60.7 Å². The molecule has 8 nitrogen and oxygen atoms in total. The van der Waals surface area contributed by atoms with E-state index in [0.717, 1.165) is 34.2 Å². The molecule has 3 aromatic rings. The van der Waals surface area contributed by atoms with Crippen LogP contribution in [-0.2, 0) is 9.53 Å². The highest BCUT2D eigenvalue weighted by molar-refractivity contribution is 6.38. The lowest BCUT2D eigenvalue weighted by Crippen LogP contribution is -2.33. The zero-order chi connectivity index (χ0) is 24.5. The molecule has 0 aliphatic heterocycles. The van der Waals surface area contributed by atoms with Crippen molar-refractivity contribution in [1.29, 1.82) is 0 Å². The van der Waals surface area contributed by atoms with Gasteiger partial charge < -0.3 is 25.0 Å². The lowest BCUT2D eigenvalue weighted by atomic mass is 10.2. The number of nitrogens with one attached hydrogen (secondary N) is 2. The predicted molar refractivity (Wildman–Crippen MR) is 140 cm³/mol. The van der Waals surface area contributed by atoms with Crippen molar-refractivity contribution in [3.8, 4) is 5.75 Å². The Labute approximate surface area is 200 Å². The van der Waals surface area contributed by atoms with Crippen LogP contribution in [0.25, 0.3) is 0 Å². The van der Waals surface area contributed by atoms with Gasteiger partial charge >= 0.3 is 5.97 Å². The third-order valence-electron chi connectivity index (χ3n) is 5.28. The first-order valence-corrected chi connectivity index (χ1v) is 10.8. The van der Waals surface area contributed by atoms with Crippen LogP contribution in [0.1, 0.15) is 0 Å². The van der Waals surface area contributed by atoms with Gasteiger partial charge in [-0.2, -0.15) is 5.10 Å². The Hall–Kier alpha value is -4.20. The Balaban J connectivity index is 1.74. The van der Waals surface area contributed by atoms with Crippen LogP contribution < -0.4 is 25.3 Å². The van der Waals surface area contributed by atoms with Gasteiger partial charge in [0.15, 0.2) is 5.71 Å². The largest absolute Gasteiger partial charge is 0.497 e. The fraction of sp³-hybridized carbons (Fsp3) is 0.231. The molecule has 0 spiro atoms. The number of anilines is 5. The maximum atomic E-state index is 12.5. The summed E-state index contributed by atoms with van der Waals surface area (Å²) in [5.74, 6) is 0.334. The number of carbonyl (C=O) groups is 1. The number of methoxy groups -OCH3 is 2. The molecule has 0 fully saturated rings. The number of ether oxygens (including phenoxy) is 2. The lowest BCUT2D eigenvalue weighted by Gasteiger charge is -2.23. The molecule has 0 saturated carbocycles. The van der Waals surface area contributed by atoms with Crippen LogP contribution >= 0.6 is 0 Å². The van der Waals surface area contributed by atoms with Crippen LogP contribution in [0.3, 0.4) is 0 Å². The third-order valence-corrected chi connectivity index (χ3v) is 5.28. The van der Waals surface area contributed by atoms with Gasteiger partial charge in [-0.3, -0.25) is 5.01 Å². The highest BCUT2D eigenvalue weighted by Gasteiger charge is 2.18. The first-order valence-electron chi connectivity index (χ1n) is 10.8. The summed E-state index contributed by atoms with van der Waals surface area (Å²) in [6.45, 7) is 0.285. The van der Waals surface area contributed by atoms with Crippen molar-refractivity contribution in [2.75, 3.05) is 62.4 Å². The van der Waals surface area contributed by atoms with Crippen LogP contribution in [0.4, 0.5) is 28.4 Å². The maximum Gasteiger partial charge on any atom is 0.356 e. The van der Waals surface area contributed by atoms with E-state index < -0.39 is 5.97 Å². The Morgan fingerprint density at radius 1 is 0.912 bits per heavy atom. The molecule has 8 heteroatoms. The van der Waals surface area contributed by atoms with E-state index in [9.17, 15) is 4.79 Å². The summed E-state index contributed by atoms with van der Waals surface area (Å²) in [6, 6.07) is 23.4. The number of esters is 1. The lowest BCUT2D eigenvalue weighted by molar-refractivity contribution is -0.132. The van der Waals surface area contributed by atoms with Crippen molar-refractivity contribution >= 4 is 40.1 Å². The van der Waals surface area contributed by atoms with Crippen LogP contribution in [-0.4, -0.2) is 53.6 Å². The minimum Gasteiger partial charge on any atom is -0.497 e. The fourth-order valence-electron chi connectivity index (χ4n) is 3.42. The molecule has 0 bridgehead atoms. The number of hydrogen-bond donors (Lipinski definition) is 2. The van der Waals surface area contributed by atoms with E-state index >= 15 is 0 Å². The average molecular weight is 462 g/mol. The van der Waals surface area contributed by atoms with E-state index in [2.05, 4.69) is 15.7 Å². The van der Waals surface area contributed by atoms with Crippen LogP contribution in [0, 0.1) is 0 Å². The van der Waals surface area contributed by atoms with E-state index in [-0.39, 0.29) is 6.54 Å². The van der Waals surface area contributed by atoms with E-state index in [0.29, 0.717) is 5.71 Å². The number of hydrazone groups is 1. The summed E-state index contributed by atoms with van der Waals surface area (Å²) in [4.78, 5) is 14.4. The molecular formula is C26H31N5O3. The van der Waals surface area contributed by atoms with Gasteiger partial charge in [0.2, 0.25) is 0 Å². The van der Waals surface area contributed by atoms with Gasteiger partial charge in [0.1, 0.15) is 5.75 Å². The van der Waals surface area contributed by atoms with Crippen molar-refractivity contribution in [3.63, 3.8) is 0 Å². The van der Waals surface area contributed by atoms with Gasteiger partial charge in [-0.25, -0.2) is 4.79 Å². The molecule has 0 heterocycles. The first kappa shape index (κ1) is 24.4. The van der Waals surface area contributed by atoms with E-state index in [1.165, 1.54) is 7.11 Å². The summed E-state index contributed by atoms with van der Waals surface area (Å²) in [5, 5.41) is 12.7. The second kappa shape index (κ2) is 11.6. The fourth-order valence-corrected chi connectivity index (χ4v) is 3.42. The molecule has 0 radical (unpaired) electrons. The Kier molecular flexibility index (Phi) is 8.34. The Morgan fingerprint density at radius 2 is 1.53 bits per heavy atom. The molecule has 34 heavy (non-hydrogen) atoms. The smallest absolute Gasteiger partial charge is 0.356 e. The molecule has 0 aliphatic carbocycles. The normalized spacial score (nSPS) is 10.9. The molecule has 0 unspecified atom stereocenters. The van der Waals surface area contributed by atoms with Gasteiger partial charge in [0.25, 0.3) is 0 Å². The molecule has 0 aromatic heterocycles. The van der Waals surface area contributed by atoms with Gasteiger partial charge in [0.05, 0.1) is 37.8 Å². The number of hydrogen-bond acceptors (Lipinski definition) is 8. The summed E-state index contributed by atoms with van der Waals surface area (Å²) < 4.78 is 10.2. The minimum absolute atomic E-state index is 0.285. The summed E-state index contributed by atoms with van der Waals surface area (Å²) in [7, 11) is 8.58. The quantitative estimate of drug-likeness (QED) is 0.260. The molecule has 0 aliphatic rings. The van der Waals surface area contributed by atoms with Crippen LogP contribution in [0.2, 0.25) is 0 Å². The Bertz CT molecular complexity index is 1110. The van der Waals surface area contributed by atoms with Gasteiger partial charge in [0, 0.05) is 32.5 Å². The summed E-state index contributed by atoms with van der Waals surface area (Å²) in [6.07, 6.45) is 0. The second-order valence-electron chi connectivity index (χ2n) is 7.59. The highest BCUT2D eigenvalue weighted by atomic mass is 16.5. The standard InChI is InChI=1S/C26H31N5O3/c1-27-23-8-6-7-9-25(23)30(2)18-24(26(32)34-5)29-31(3)21-14-10-19(11-15-21)28-20-12-16-22(33-4)17-13-20/h6-17,27-28H,18H2,1-5H3/b29-24-. The number of benzene rings is 3. The number of nitrogens with zero attached hydrogens (tertiary/aromatic N) is 3. The van der Waals surface area contributed by atoms with Gasteiger partial charge in [-0.15, -0.1) is 0 Å². The number of carbonyl (C=O) groups excluding carboxylic acids is 1. The van der Waals surface area contributed by atoms with Crippen LogP contribution in [0.5, 0.6) is 5.75 Å². The molecule has 178 valence electrons. The molecule has 3 rings (SSSR count). The van der Waals surface area contributed by atoms with Crippen LogP contribution in [0.15, 0.2) is 77.9 Å². The molecule has 2 N–H and O–H groups in total. The highest BCUT2D eigenvalue weighted by Crippen LogP contribution is 2.25. The Morgan fingerprint density at radius 3 is 2.12 bits per heavy atom. The zero-order valence-electron chi connectivity index (χ0n) is 20.2. The summed E-state index contributed by atoms with van der Waals surface area (Å²) >= 11 is 0. The second-order valence-corrected chi connectivity index (χ2v) is 7.59. The maximum absolute atomic E-state index is 12.5. The van der Waals surface area contributed by atoms with E-state index in [1.807, 2.05) is 91.8 Å². The summed E-state index contributed by atoms with van der Waals surface area (Å²) in [5.41, 5.74) is 4.93. The predicted octanol–water partition coefficient (Wildman–Crippen LogP) is 4.58. The number of para-hydroxylation sites is 2. The zero-order valence-corrected chi connectivity index (χ0v) is 20.2. The van der Waals surface area contributed by atoms with Crippen molar-refractivity contribution in [1.82, 2.24) is 0 Å². The molecule has 0 atom stereocenters. The topological polar surface area (TPSA) is 78.4 Å². The van der Waals surface area contributed by atoms with E-state index in [4.69, 9.17) is 9.47 Å². The van der Waals surface area contributed by atoms with Crippen molar-refractivity contribution in [3.05, 3.63) is 72.8 Å². The van der Waals surface area contributed by atoms with Crippen molar-refractivity contribution in [2.24, 2.45) is 5.10 Å². The van der Waals surface area contributed by atoms with E-state index in [1.54, 1.807) is 19.2 Å². The number of rotatable bonds is 10. The SMILES string of the molecule is CNc1ccccc1N(C)C/C(=N/N(C)c1ccc(Nc2ccc(OC)cc2)cc1)C(=O)OC. The molecule has 3 aromatic carbocycles. The minimum atomic E-state index is -0.474. The molecule has 0 saturated heterocycles. The van der Waals surface area contributed by atoms with Gasteiger partial charge in [-0.1, -0.05) is 12.1 Å². The molecule has 0 amide bonds. The monoisotopic (exact) mass is 461 g/mol.